The highest BCUT2D eigenvalue weighted by Crippen LogP contribution is 2.18. The number of rotatable bonds is 6. The number of hydrogen-bond acceptors (Lipinski definition) is 7. The van der Waals surface area contributed by atoms with Crippen LogP contribution in [0, 0.1) is 0 Å². The number of nitrogens with zero attached hydrogens (tertiary/aromatic N) is 4. The third kappa shape index (κ3) is 5.14. The van der Waals surface area contributed by atoms with Gasteiger partial charge in [0, 0.05) is 5.75 Å². The minimum absolute atomic E-state index is 0.00560. The number of carbonyl (C=O) groups excluding carboxylic acids is 1. The molecular weight excluding hydrogens is 244 g/mol. The Morgan fingerprint density at radius 1 is 1.59 bits per heavy atom. The zero-order valence-electron chi connectivity index (χ0n) is 10.1. The SMILES string of the molecule is COC(=O)Cn1nnnc1SCCC(C)(C)O. The Balaban J connectivity index is 2.49. The molecule has 0 atom stereocenters. The fourth-order valence-electron chi connectivity index (χ4n) is 0.978. The third-order valence-electron chi connectivity index (χ3n) is 1.95. The largest absolute Gasteiger partial charge is 0.468 e. The Labute approximate surface area is 104 Å². The van der Waals surface area contributed by atoms with E-state index in [0.717, 1.165) is 0 Å². The molecule has 17 heavy (non-hydrogen) atoms. The van der Waals surface area contributed by atoms with E-state index in [2.05, 4.69) is 20.3 Å². The van der Waals surface area contributed by atoms with Gasteiger partial charge in [0.2, 0.25) is 5.16 Å². The number of thioether (sulfide) groups is 1. The van der Waals surface area contributed by atoms with Gasteiger partial charge in [-0.05, 0) is 30.7 Å². The highest BCUT2D eigenvalue weighted by Gasteiger charge is 2.15. The predicted molar refractivity (Wildman–Crippen MR) is 61.5 cm³/mol. The first-order chi connectivity index (χ1) is 7.92. The molecule has 8 heteroatoms. The topological polar surface area (TPSA) is 90.1 Å². The van der Waals surface area contributed by atoms with Gasteiger partial charge < -0.3 is 9.84 Å². The summed E-state index contributed by atoms with van der Waals surface area (Å²) in [6.45, 7) is 3.48. The maximum Gasteiger partial charge on any atom is 0.327 e. The first-order valence-electron chi connectivity index (χ1n) is 5.10. The molecule has 0 aliphatic heterocycles. The number of esters is 1. The molecule has 0 saturated heterocycles. The van der Waals surface area contributed by atoms with E-state index in [-0.39, 0.29) is 6.54 Å². The Kier molecular flexibility index (Phi) is 4.88. The van der Waals surface area contributed by atoms with Gasteiger partial charge in [0.05, 0.1) is 12.7 Å². The number of tetrazole rings is 1. The fraction of sp³-hybridized carbons (Fsp3) is 0.778. The summed E-state index contributed by atoms with van der Waals surface area (Å²) < 4.78 is 5.91. The zero-order chi connectivity index (χ0) is 12.9. The summed E-state index contributed by atoms with van der Waals surface area (Å²) in [6, 6.07) is 0. The van der Waals surface area contributed by atoms with Gasteiger partial charge in [0.1, 0.15) is 6.54 Å². The normalized spacial score (nSPS) is 11.5. The van der Waals surface area contributed by atoms with E-state index in [1.807, 2.05) is 0 Å². The van der Waals surface area contributed by atoms with Crippen LogP contribution in [0.4, 0.5) is 0 Å². The molecule has 1 heterocycles. The van der Waals surface area contributed by atoms with Gasteiger partial charge in [-0.1, -0.05) is 11.8 Å². The molecule has 0 spiro atoms. The van der Waals surface area contributed by atoms with E-state index in [1.165, 1.54) is 23.6 Å². The monoisotopic (exact) mass is 260 g/mol. The summed E-state index contributed by atoms with van der Waals surface area (Å²) in [5, 5.41) is 21.1. The van der Waals surface area contributed by atoms with Crippen LogP contribution in [0.15, 0.2) is 5.16 Å². The number of aliphatic hydroxyl groups is 1. The first-order valence-corrected chi connectivity index (χ1v) is 6.09. The number of hydrogen-bond donors (Lipinski definition) is 1. The van der Waals surface area contributed by atoms with Crippen molar-refractivity contribution in [1.29, 1.82) is 0 Å². The van der Waals surface area contributed by atoms with Crippen molar-refractivity contribution in [3.63, 3.8) is 0 Å². The van der Waals surface area contributed by atoms with Crippen LogP contribution in [0.2, 0.25) is 0 Å². The second kappa shape index (κ2) is 5.97. The van der Waals surface area contributed by atoms with Crippen LogP contribution in [-0.4, -0.2) is 49.7 Å². The van der Waals surface area contributed by atoms with Crippen molar-refractivity contribution in [3.05, 3.63) is 0 Å². The molecule has 96 valence electrons. The van der Waals surface area contributed by atoms with E-state index in [0.29, 0.717) is 17.3 Å². The van der Waals surface area contributed by atoms with Crippen LogP contribution in [-0.2, 0) is 16.1 Å². The standard InChI is InChI=1S/C9H16N4O3S/c1-9(2,15)4-5-17-8-10-11-12-13(8)6-7(14)16-3/h15H,4-6H2,1-3H3. The van der Waals surface area contributed by atoms with Crippen LogP contribution >= 0.6 is 11.8 Å². The number of methoxy groups -OCH3 is 1. The Hall–Kier alpha value is -1.15. The highest BCUT2D eigenvalue weighted by atomic mass is 32.2. The van der Waals surface area contributed by atoms with Crippen LogP contribution < -0.4 is 0 Å². The van der Waals surface area contributed by atoms with Crippen LogP contribution in [0.25, 0.3) is 0 Å². The van der Waals surface area contributed by atoms with Gasteiger partial charge in [-0.3, -0.25) is 4.79 Å². The lowest BCUT2D eigenvalue weighted by Gasteiger charge is -2.15. The summed E-state index contributed by atoms with van der Waals surface area (Å²) >= 11 is 1.39. The summed E-state index contributed by atoms with van der Waals surface area (Å²) in [4.78, 5) is 11.1. The van der Waals surface area contributed by atoms with Crippen molar-refractivity contribution >= 4 is 17.7 Å². The van der Waals surface area contributed by atoms with Crippen molar-refractivity contribution in [3.8, 4) is 0 Å². The minimum atomic E-state index is -0.715. The minimum Gasteiger partial charge on any atom is -0.468 e. The van der Waals surface area contributed by atoms with E-state index in [4.69, 9.17) is 0 Å². The molecular formula is C9H16N4O3S. The lowest BCUT2D eigenvalue weighted by Crippen LogP contribution is -2.19. The fourth-order valence-corrected chi connectivity index (χ4v) is 2.11. The summed E-state index contributed by atoms with van der Waals surface area (Å²) in [7, 11) is 1.31. The van der Waals surface area contributed by atoms with Crippen LogP contribution in [0.1, 0.15) is 20.3 Å². The average Bonchev–Trinajstić information content (AvgIpc) is 2.64. The van der Waals surface area contributed by atoms with Crippen molar-refractivity contribution < 1.29 is 14.6 Å². The molecule has 7 nitrogen and oxygen atoms in total. The molecule has 0 aliphatic carbocycles. The molecule has 0 fully saturated rings. The van der Waals surface area contributed by atoms with Crippen molar-refractivity contribution in [2.75, 3.05) is 12.9 Å². The first kappa shape index (κ1) is 13.9. The molecule has 0 aromatic carbocycles. The Morgan fingerprint density at radius 3 is 2.88 bits per heavy atom. The maximum absolute atomic E-state index is 11.1. The van der Waals surface area contributed by atoms with E-state index < -0.39 is 11.6 Å². The summed E-state index contributed by atoms with van der Waals surface area (Å²) in [5.74, 6) is 0.270. The van der Waals surface area contributed by atoms with Gasteiger partial charge >= 0.3 is 5.97 Å². The van der Waals surface area contributed by atoms with Gasteiger partial charge in [-0.15, -0.1) is 5.10 Å². The number of ether oxygens (including phenoxy) is 1. The molecule has 0 bridgehead atoms. The lowest BCUT2D eigenvalue weighted by atomic mass is 10.1. The summed E-state index contributed by atoms with van der Waals surface area (Å²) in [6.07, 6.45) is 0.614. The molecule has 0 unspecified atom stereocenters. The molecule has 1 aromatic heterocycles. The van der Waals surface area contributed by atoms with Crippen LogP contribution in [0.3, 0.4) is 0 Å². The Bertz CT molecular complexity index is 375. The quantitative estimate of drug-likeness (QED) is 0.573. The summed E-state index contributed by atoms with van der Waals surface area (Å²) in [5.41, 5.74) is -0.715. The molecule has 1 N–H and O–H groups in total. The molecule has 1 aromatic rings. The van der Waals surface area contributed by atoms with Gasteiger partial charge in [-0.2, -0.15) is 0 Å². The molecule has 1 rings (SSSR count). The van der Waals surface area contributed by atoms with E-state index >= 15 is 0 Å². The van der Waals surface area contributed by atoms with Crippen molar-refractivity contribution in [2.45, 2.75) is 37.6 Å². The molecule has 0 radical (unpaired) electrons. The third-order valence-corrected chi connectivity index (χ3v) is 2.91. The predicted octanol–water partition coefficient (Wildman–Crippen LogP) is 0.0992. The van der Waals surface area contributed by atoms with Gasteiger partial charge in [0.15, 0.2) is 0 Å². The van der Waals surface area contributed by atoms with E-state index in [9.17, 15) is 9.90 Å². The van der Waals surface area contributed by atoms with Gasteiger partial charge in [0.25, 0.3) is 0 Å². The lowest BCUT2D eigenvalue weighted by molar-refractivity contribution is -0.141. The number of aromatic nitrogens is 4. The zero-order valence-corrected chi connectivity index (χ0v) is 10.9. The van der Waals surface area contributed by atoms with Crippen molar-refractivity contribution in [1.82, 2.24) is 20.2 Å². The maximum atomic E-state index is 11.1. The molecule has 0 amide bonds. The molecule has 0 aliphatic rings. The van der Waals surface area contributed by atoms with Crippen molar-refractivity contribution in [2.24, 2.45) is 0 Å². The van der Waals surface area contributed by atoms with Crippen LogP contribution in [0.5, 0.6) is 0 Å². The smallest absolute Gasteiger partial charge is 0.327 e. The Morgan fingerprint density at radius 2 is 2.29 bits per heavy atom. The highest BCUT2D eigenvalue weighted by molar-refractivity contribution is 7.99. The van der Waals surface area contributed by atoms with E-state index in [1.54, 1.807) is 13.8 Å². The second-order valence-corrected chi connectivity index (χ2v) is 5.17. The average molecular weight is 260 g/mol. The molecule has 0 saturated carbocycles. The second-order valence-electron chi connectivity index (χ2n) is 4.11. The number of carbonyl (C=O) groups is 1. The van der Waals surface area contributed by atoms with Gasteiger partial charge in [-0.25, -0.2) is 4.68 Å².